The molecule has 0 aliphatic carbocycles. The fourth-order valence-electron chi connectivity index (χ4n) is 1.22. The summed E-state index contributed by atoms with van der Waals surface area (Å²) in [4.78, 5) is 10.8. The highest BCUT2D eigenvalue weighted by atomic mass is 79.9. The van der Waals surface area contributed by atoms with Gasteiger partial charge in [0.05, 0.1) is 10.0 Å². The SMILES string of the molecule is CC(=O)Cc1cc(C(F)(F)F)cc(Br)c1O. The van der Waals surface area contributed by atoms with Crippen LogP contribution in [0.2, 0.25) is 0 Å². The van der Waals surface area contributed by atoms with Gasteiger partial charge >= 0.3 is 6.18 Å². The standard InChI is InChI=1S/C10H8BrF3O2/c1-5(15)2-6-3-7(10(12,13)14)4-8(11)9(6)16/h3-4,16H,2H2,1H3. The zero-order chi connectivity index (χ0) is 12.5. The summed E-state index contributed by atoms with van der Waals surface area (Å²) in [5.74, 6) is -0.648. The molecule has 0 saturated heterocycles. The Morgan fingerprint density at radius 2 is 2.00 bits per heavy atom. The van der Waals surface area contributed by atoms with Crippen LogP contribution in [0.1, 0.15) is 18.1 Å². The first kappa shape index (κ1) is 13.0. The van der Waals surface area contributed by atoms with Crippen molar-refractivity contribution in [2.45, 2.75) is 19.5 Å². The number of phenolic OH excluding ortho intramolecular Hbond substituents is 1. The number of hydrogen-bond acceptors (Lipinski definition) is 2. The van der Waals surface area contributed by atoms with Gasteiger partial charge in [0.25, 0.3) is 0 Å². The first-order valence-corrected chi connectivity index (χ1v) is 5.09. The van der Waals surface area contributed by atoms with E-state index in [9.17, 15) is 23.1 Å². The molecule has 1 aromatic rings. The van der Waals surface area contributed by atoms with E-state index >= 15 is 0 Å². The molecule has 2 nitrogen and oxygen atoms in total. The van der Waals surface area contributed by atoms with Gasteiger partial charge in [-0.05, 0) is 35.0 Å². The fourth-order valence-corrected chi connectivity index (χ4v) is 1.72. The van der Waals surface area contributed by atoms with Crippen LogP contribution < -0.4 is 0 Å². The van der Waals surface area contributed by atoms with Crippen LogP contribution >= 0.6 is 15.9 Å². The van der Waals surface area contributed by atoms with Crippen molar-refractivity contribution in [1.29, 1.82) is 0 Å². The van der Waals surface area contributed by atoms with Gasteiger partial charge in [-0.3, -0.25) is 4.79 Å². The molecule has 0 amide bonds. The van der Waals surface area contributed by atoms with Crippen molar-refractivity contribution in [2.75, 3.05) is 0 Å². The molecule has 0 saturated carbocycles. The number of benzene rings is 1. The Morgan fingerprint density at radius 1 is 1.44 bits per heavy atom. The second-order valence-corrected chi connectivity index (χ2v) is 4.20. The Bertz CT molecular complexity index is 427. The number of carbonyl (C=O) groups is 1. The second kappa shape index (κ2) is 4.45. The van der Waals surface area contributed by atoms with E-state index in [0.29, 0.717) is 0 Å². The Labute approximate surface area is 98.2 Å². The third-order valence-electron chi connectivity index (χ3n) is 1.91. The molecule has 6 heteroatoms. The van der Waals surface area contributed by atoms with Crippen LogP contribution in [0.15, 0.2) is 16.6 Å². The molecule has 1 N–H and O–H groups in total. The predicted molar refractivity (Wildman–Crippen MR) is 55.2 cm³/mol. The van der Waals surface area contributed by atoms with E-state index in [0.717, 1.165) is 12.1 Å². The Balaban J connectivity index is 3.27. The number of Topliss-reactive ketones (excluding diaryl/α,β-unsaturated/α-hetero) is 1. The van der Waals surface area contributed by atoms with Gasteiger partial charge in [-0.1, -0.05) is 0 Å². The summed E-state index contributed by atoms with van der Waals surface area (Å²) in [6.45, 7) is 1.24. The lowest BCUT2D eigenvalue weighted by Crippen LogP contribution is -2.07. The van der Waals surface area contributed by atoms with Crippen LogP contribution in [0.3, 0.4) is 0 Å². The molecule has 0 aliphatic rings. The predicted octanol–water partition coefficient (Wildman–Crippen LogP) is 3.31. The van der Waals surface area contributed by atoms with E-state index in [4.69, 9.17) is 0 Å². The minimum absolute atomic E-state index is 0.0331. The van der Waals surface area contributed by atoms with Crippen LogP contribution in [0.25, 0.3) is 0 Å². The van der Waals surface area contributed by atoms with Crippen LogP contribution in [0.5, 0.6) is 5.75 Å². The third kappa shape index (κ3) is 2.98. The van der Waals surface area contributed by atoms with Gasteiger partial charge in [-0.25, -0.2) is 0 Å². The molecule has 0 unspecified atom stereocenters. The Hall–Kier alpha value is -1.04. The van der Waals surface area contributed by atoms with Gasteiger partial charge in [0.2, 0.25) is 0 Å². The largest absolute Gasteiger partial charge is 0.506 e. The average Bonchev–Trinajstić information content (AvgIpc) is 2.10. The number of alkyl halides is 3. The van der Waals surface area contributed by atoms with Gasteiger partial charge < -0.3 is 5.11 Å². The van der Waals surface area contributed by atoms with E-state index in [1.165, 1.54) is 6.92 Å². The minimum atomic E-state index is -4.50. The molecule has 88 valence electrons. The second-order valence-electron chi connectivity index (χ2n) is 3.34. The van der Waals surface area contributed by atoms with Crippen molar-refractivity contribution in [2.24, 2.45) is 0 Å². The highest BCUT2D eigenvalue weighted by Crippen LogP contribution is 2.37. The molecule has 0 radical (unpaired) electrons. The Morgan fingerprint density at radius 3 is 2.44 bits per heavy atom. The molecule has 0 spiro atoms. The number of aromatic hydroxyl groups is 1. The molecule has 1 rings (SSSR count). The summed E-state index contributed by atoms with van der Waals surface area (Å²) in [5, 5.41) is 9.47. The highest BCUT2D eigenvalue weighted by Gasteiger charge is 2.32. The molecule has 1 aromatic carbocycles. The number of ketones is 1. The molecule has 0 bridgehead atoms. The van der Waals surface area contributed by atoms with Crippen molar-refractivity contribution >= 4 is 21.7 Å². The summed E-state index contributed by atoms with van der Waals surface area (Å²) >= 11 is 2.82. The molecular weight excluding hydrogens is 289 g/mol. The van der Waals surface area contributed by atoms with E-state index in [-0.39, 0.29) is 28.0 Å². The summed E-state index contributed by atoms with van der Waals surface area (Å²) in [6, 6.07) is 1.56. The Kier molecular flexibility index (Phi) is 3.62. The van der Waals surface area contributed by atoms with E-state index in [2.05, 4.69) is 15.9 Å². The van der Waals surface area contributed by atoms with Crippen LogP contribution in [-0.4, -0.2) is 10.9 Å². The summed E-state index contributed by atoms with van der Waals surface area (Å²) in [7, 11) is 0. The van der Waals surface area contributed by atoms with E-state index < -0.39 is 11.7 Å². The topological polar surface area (TPSA) is 37.3 Å². The number of hydrogen-bond donors (Lipinski definition) is 1. The van der Waals surface area contributed by atoms with Crippen LogP contribution in [-0.2, 0) is 17.4 Å². The quantitative estimate of drug-likeness (QED) is 0.909. The van der Waals surface area contributed by atoms with E-state index in [1.807, 2.05) is 0 Å². The number of rotatable bonds is 2. The lowest BCUT2D eigenvalue weighted by atomic mass is 10.0. The zero-order valence-corrected chi connectivity index (χ0v) is 9.82. The van der Waals surface area contributed by atoms with Crippen LogP contribution in [0, 0.1) is 0 Å². The fraction of sp³-hybridized carbons (Fsp3) is 0.300. The van der Waals surface area contributed by atoms with Gasteiger partial charge in [-0.2, -0.15) is 13.2 Å². The smallest absolute Gasteiger partial charge is 0.416 e. The van der Waals surface area contributed by atoms with Gasteiger partial charge in [0.1, 0.15) is 11.5 Å². The third-order valence-corrected chi connectivity index (χ3v) is 2.51. The first-order chi connectivity index (χ1) is 7.21. The summed E-state index contributed by atoms with van der Waals surface area (Å²) in [6.07, 6.45) is -4.73. The van der Waals surface area contributed by atoms with Crippen molar-refractivity contribution in [3.63, 3.8) is 0 Å². The number of halogens is 4. The highest BCUT2D eigenvalue weighted by molar-refractivity contribution is 9.10. The monoisotopic (exact) mass is 296 g/mol. The van der Waals surface area contributed by atoms with Gasteiger partial charge in [0, 0.05) is 12.0 Å². The normalized spacial score (nSPS) is 11.6. The lowest BCUT2D eigenvalue weighted by molar-refractivity contribution is -0.137. The zero-order valence-electron chi connectivity index (χ0n) is 8.23. The molecule has 0 aromatic heterocycles. The molecular formula is C10H8BrF3O2. The maximum atomic E-state index is 12.4. The maximum absolute atomic E-state index is 12.4. The lowest BCUT2D eigenvalue weighted by Gasteiger charge is -2.11. The van der Waals surface area contributed by atoms with E-state index in [1.54, 1.807) is 0 Å². The summed E-state index contributed by atoms with van der Waals surface area (Å²) < 4.78 is 37.2. The van der Waals surface area contributed by atoms with Gasteiger partial charge in [0.15, 0.2) is 0 Å². The minimum Gasteiger partial charge on any atom is -0.506 e. The van der Waals surface area contributed by atoms with Gasteiger partial charge in [-0.15, -0.1) is 0 Å². The van der Waals surface area contributed by atoms with Crippen molar-refractivity contribution in [3.05, 3.63) is 27.7 Å². The molecule has 0 aliphatic heterocycles. The number of phenols is 1. The first-order valence-electron chi connectivity index (χ1n) is 4.30. The molecule has 16 heavy (non-hydrogen) atoms. The summed E-state index contributed by atoms with van der Waals surface area (Å²) in [5.41, 5.74) is -0.928. The van der Waals surface area contributed by atoms with Crippen molar-refractivity contribution < 1.29 is 23.1 Å². The van der Waals surface area contributed by atoms with Crippen LogP contribution in [0.4, 0.5) is 13.2 Å². The van der Waals surface area contributed by atoms with Crippen molar-refractivity contribution in [1.82, 2.24) is 0 Å². The molecule has 0 fully saturated rings. The number of carbonyl (C=O) groups excluding carboxylic acids is 1. The van der Waals surface area contributed by atoms with Crippen molar-refractivity contribution in [3.8, 4) is 5.75 Å². The molecule has 0 heterocycles. The average molecular weight is 297 g/mol. The maximum Gasteiger partial charge on any atom is 0.416 e. The molecule has 0 atom stereocenters.